The third-order valence-electron chi connectivity index (χ3n) is 3.98. The van der Waals surface area contributed by atoms with E-state index >= 15 is 0 Å². The largest absolute Gasteiger partial charge is 0.379 e. The Balaban J connectivity index is 1.94. The first-order chi connectivity index (χ1) is 9.55. The van der Waals surface area contributed by atoms with Crippen LogP contribution in [0.2, 0.25) is 0 Å². The van der Waals surface area contributed by atoms with Gasteiger partial charge in [-0.1, -0.05) is 18.2 Å². The fraction of sp³-hybridized carbons (Fsp3) is 0.400. The Hall–Kier alpha value is -1.62. The van der Waals surface area contributed by atoms with Gasteiger partial charge < -0.3 is 5.32 Å². The van der Waals surface area contributed by atoms with E-state index < -0.39 is 9.84 Å². The second-order valence-corrected chi connectivity index (χ2v) is 7.69. The number of sulfone groups is 1. The smallest absolute Gasteiger partial charge is 0.152 e. The summed E-state index contributed by atoms with van der Waals surface area (Å²) in [6.45, 7) is 0. The Morgan fingerprint density at radius 3 is 2.80 bits per heavy atom. The number of hydrogen-bond donors (Lipinski definition) is 1. The molecule has 1 aromatic carbocycles. The molecule has 0 aliphatic heterocycles. The molecule has 1 N–H and O–H groups in total. The first-order valence-electron chi connectivity index (χ1n) is 6.85. The summed E-state index contributed by atoms with van der Waals surface area (Å²) in [5.41, 5.74) is 1.82. The molecule has 5 heteroatoms. The fourth-order valence-electron chi connectivity index (χ4n) is 3.02. The van der Waals surface area contributed by atoms with Crippen molar-refractivity contribution in [2.45, 2.75) is 30.6 Å². The van der Waals surface area contributed by atoms with Crippen molar-refractivity contribution in [3.8, 4) is 0 Å². The van der Waals surface area contributed by atoms with Crippen molar-refractivity contribution in [2.24, 2.45) is 0 Å². The maximum Gasteiger partial charge on any atom is 0.152 e. The molecular formula is C15H18N2O2S. The first kappa shape index (κ1) is 13.4. The van der Waals surface area contributed by atoms with Crippen LogP contribution >= 0.6 is 0 Å². The van der Waals surface area contributed by atoms with Crippen LogP contribution in [-0.2, 0) is 9.84 Å². The van der Waals surface area contributed by atoms with Crippen LogP contribution < -0.4 is 5.32 Å². The van der Waals surface area contributed by atoms with Gasteiger partial charge in [0.05, 0.1) is 16.5 Å². The van der Waals surface area contributed by atoms with Gasteiger partial charge in [-0.3, -0.25) is 4.98 Å². The SMILES string of the molecule is CS(=O)(=O)C1CCCC1Nc1cccc2cccnc12. The Kier molecular flexibility index (Phi) is 3.38. The molecule has 1 aliphatic rings. The lowest BCUT2D eigenvalue weighted by molar-refractivity contribution is 0.579. The number of nitrogens with one attached hydrogen (secondary N) is 1. The summed E-state index contributed by atoms with van der Waals surface area (Å²) in [5.74, 6) is 0. The van der Waals surface area contributed by atoms with E-state index in [4.69, 9.17) is 0 Å². The zero-order valence-electron chi connectivity index (χ0n) is 11.4. The van der Waals surface area contributed by atoms with Gasteiger partial charge in [0.2, 0.25) is 0 Å². The van der Waals surface area contributed by atoms with E-state index in [1.807, 2.05) is 30.3 Å². The Labute approximate surface area is 119 Å². The summed E-state index contributed by atoms with van der Waals surface area (Å²) in [6.07, 6.45) is 5.68. The second kappa shape index (κ2) is 5.05. The summed E-state index contributed by atoms with van der Waals surface area (Å²) in [4.78, 5) is 4.40. The summed E-state index contributed by atoms with van der Waals surface area (Å²) in [5, 5.41) is 4.17. The van der Waals surface area contributed by atoms with Gasteiger partial charge in [-0.25, -0.2) is 8.42 Å². The lowest BCUT2D eigenvalue weighted by Gasteiger charge is -2.21. The lowest BCUT2D eigenvalue weighted by Crippen LogP contribution is -2.34. The predicted molar refractivity (Wildman–Crippen MR) is 81.6 cm³/mol. The third-order valence-corrected chi connectivity index (χ3v) is 5.64. The topological polar surface area (TPSA) is 59.1 Å². The molecule has 0 amide bonds. The molecule has 2 aromatic rings. The molecule has 0 saturated heterocycles. The summed E-state index contributed by atoms with van der Waals surface area (Å²) < 4.78 is 23.7. The number of pyridine rings is 1. The molecule has 2 atom stereocenters. The highest BCUT2D eigenvalue weighted by molar-refractivity contribution is 7.91. The third kappa shape index (κ3) is 2.50. The highest BCUT2D eigenvalue weighted by Gasteiger charge is 2.34. The number of hydrogen-bond acceptors (Lipinski definition) is 4. The number of nitrogens with zero attached hydrogens (tertiary/aromatic N) is 1. The molecule has 1 aromatic heterocycles. The zero-order chi connectivity index (χ0) is 14.2. The minimum Gasteiger partial charge on any atom is -0.379 e. The molecule has 0 bridgehead atoms. The summed E-state index contributed by atoms with van der Waals surface area (Å²) >= 11 is 0. The highest BCUT2D eigenvalue weighted by atomic mass is 32.2. The van der Waals surface area contributed by atoms with Crippen LogP contribution in [0.4, 0.5) is 5.69 Å². The van der Waals surface area contributed by atoms with E-state index in [0.29, 0.717) is 0 Å². The highest BCUT2D eigenvalue weighted by Crippen LogP contribution is 2.30. The van der Waals surface area contributed by atoms with Gasteiger partial charge in [-0.05, 0) is 31.4 Å². The molecule has 1 fully saturated rings. The molecular weight excluding hydrogens is 272 g/mol. The van der Waals surface area contributed by atoms with E-state index in [9.17, 15) is 8.42 Å². The molecule has 1 saturated carbocycles. The van der Waals surface area contributed by atoms with Gasteiger partial charge in [-0.15, -0.1) is 0 Å². The van der Waals surface area contributed by atoms with Gasteiger partial charge in [0.15, 0.2) is 9.84 Å². The van der Waals surface area contributed by atoms with E-state index in [0.717, 1.165) is 35.9 Å². The van der Waals surface area contributed by atoms with Crippen LogP contribution in [0.15, 0.2) is 36.5 Å². The number of para-hydroxylation sites is 1. The minimum atomic E-state index is -3.01. The van der Waals surface area contributed by atoms with Gasteiger partial charge in [0.25, 0.3) is 0 Å². The molecule has 0 radical (unpaired) electrons. The fourth-order valence-corrected chi connectivity index (χ4v) is 4.42. The van der Waals surface area contributed by atoms with E-state index in [1.165, 1.54) is 6.26 Å². The van der Waals surface area contributed by atoms with Crippen LogP contribution in [-0.4, -0.2) is 30.9 Å². The summed E-state index contributed by atoms with van der Waals surface area (Å²) in [6, 6.07) is 9.84. The van der Waals surface area contributed by atoms with Crippen molar-refractivity contribution < 1.29 is 8.42 Å². The minimum absolute atomic E-state index is 0.0161. The Morgan fingerprint density at radius 1 is 1.20 bits per heavy atom. The van der Waals surface area contributed by atoms with Crippen molar-refractivity contribution in [2.75, 3.05) is 11.6 Å². The zero-order valence-corrected chi connectivity index (χ0v) is 12.2. The average molecular weight is 290 g/mol. The predicted octanol–water partition coefficient (Wildman–Crippen LogP) is 2.61. The molecule has 2 unspecified atom stereocenters. The molecule has 0 spiro atoms. The number of fused-ring (bicyclic) bond motifs is 1. The van der Waals surface area contributed by atoms with E-state index in [1.54, 1.807) is 6.20 Å². The molecule has 1 aliphatic carbocycles. The number of benzene rings is 1. The Morgan fingerprint density at radius 2 is 2.00 bits per heavy atom. The molecule has 4 nitrogen and oxygen atoms in total. The Bertz CT molecular complexity index is 722. The standard InChI is InChI=1S/C15H18N2O2S/c1-20(18,19)14-9-3-7-12(14)17-13-8-2-5-11-6-4-10-16-15(11)13/h2,4-6,8,10,12,14,17H,3,7,9H2,1H3. The molecule has 20 heavy (non-hydrogen) atoms. The number of rotatable bonds is 3. The molecule has 1 heterocycles. The van der Waals surface area contributed by atoms with Gasteiger partial charge in [0, 0.05) is 23.9 Å². The van der Waals surface area contributed by atoms with Crippen LogP contribution in [0.1, 0.15) is 19.3 Å². The lowest BCUT2D eigenvalue weighted by atomic mass is 10.1. The normalized spacial score (nSPS) is 23.1. The van der Waals surface area contributed by atoms with Crippen LogP contribution in [0.3, 0.4) is 0 Å². The summed E-state index contributed by atoms with van der Waals surface area (Å²) in [7, 11) is -3.01. The first-order valence-corrected chi connectivity index (χ1v) is 8.80. The van der Waals surface area contributed by atoms with E-state index in [-0.39, 0.29) is 11.3 Å². The molecule has 3 rings (SSSR count). The van der Waals surface area contributed by atoms with Crippen molar-refractivity contribution in [1.82, 2.24) is 4.98 Å². The maximum absolute atomic E-state index is 11.8. The van der Waals surface area contributed by atoms with Crippen LogP contribution in [0, 0.1) is 0 Å². The van der Waals surface area contributed by atoms with Crippen molar-refractivity contribution in [1.29, 1.82) is 0 Å². The van der Waals surface area contributed by atoms with Crippen LogP contribution in [0.5, 0.6) is 0 Å². The van der Waals surface area contributed by atoms with Crippen molar-refractivity contribution in [3.63, 3.8) is 0 Å². The van der Waals surface area contributed by atoms with Gasteiger partial charge >= 0.3 is 0 Å². The van der Waals surface area contributed by atoms with Gasteiger partial charge in [-0.2, -0.15) is 0 Å². The molecule has 106 valence electrons. The quantitative estimate of drug-likeness (QED) is 0.944. The van der Waals surface area contributed by atoms with E-state index in [2.05, 4.69) is 10.3 Å². The monoisotopic (exact) mass is 290 g/mol. The maximum atomic E-state index is 11.8. The number of anilines is 1. The average Bonchev–Trinajstić information content (AvgIpc) is 2.87. The van der Waals surface area contributed by atoms with Crippen molar-refractivity contribution >= 4 is 26.4 Å². The van der Waals surface area contributed by atoms with Crippen LogP contribution in [0.25, 0.3) is 10.9 Å². The van der Waals surface area contributed by atoms with Crippen molar-refractivity contribution in [3.05, 3.63) is 36.5 Å². The van der Waals surface area contributed by atoms with Gasteiger partial charge in [0.1, 0.15) is 0 Å². The second-order valence-electron chi connectivity index (χ2n) is 5.43. The number of aromatic nitrogens is 1.